The molecular formula is C23H24N4O4. The molecule has 0 unspecified atom stereocenters. The van der Waals surface area contributed by atoms with E-state index in [9.17, 15) is 9.59 Å². The molecule has 0 saturated carbocycles. The van der Waals surface area contributed by atoms with Crippen LogP contribution in [0, 0.1) is 13.8 Å². The summed E-state index contributed by atoms with van der Waals surface area (Å²) < 4.78 is 12.2. The summed E-state index contributed by atoms with van der Waals surface area (Å²) in [5, 5.41) is 10.2. The van der Waals surface area contributed by atoms with Crippen LogP contribution in [-0.4, -0.2) is 35.8 Å². The minimum Gasteiger partial charge on any atom is -0.493 e. The zero-order valence-corrected chi connectivity index (χ0v) is 17.9. The number of nitrogens with one attached hydrogen (secondary N) is 2. The molecule has 0 radical (unpaired) electrons. The van der Waals surface area contributed by atoms with E-state index in [1.807, 2.05) is 44.2 Å². The second-order valence-corrected chi connectivity index (χ2v) is 7.55. The summed E-state index contributed by atoms with van der Waals surface area (Å²) in [6, 6.07) is 10.5. The molecule has 0 saturated heterocycles. The van der Waals surface area contributed by atoms with Crippen molar-refractivity contribution in [3.63, 3.8) is 0 Å². The average Bonchev–Trinajstić information content (AvgIpc) is 3.15. The summed E-state index contributed by atoms with van der Waals surface area (Å²) in [4.78, 5) is 25.5. The number of aromatic nitrogens is 2. The zero-order chi connectivity index (χ0) is 22.1. The third kappa shape index (κ3) is 3.96. The van der Waals surface area contributed by atoms with Crippen molar-refractivity contribution in [2.45, 2.75) is 26.3 Å². The smallest absolute Gasteiger partial charge is 0.249 e. The number of aryl methyl sites for hydroxylation is 2. The van der Waals surface area contributed by atoms with Crippen LogP contribution in [0.4, 0.5) is 11.5 Å². The third-order valence-corrected chi connectivity index (χ3v) is 5.21. The molecule has 0 fully saturated rings. The quantitative estimate of drug-likeness (QED) is 0.656. The number of carbonyl (C=O) groups is 2. The Morgan fingerprint density at radius 2 is 1.81 bits per heavy atom. The van der Waals surface area contributed by atoms with E-state index in [2.05, 4.69) is 15.7 Å². The van der Waals surface area contributed by atoms with Gasteiger partial charge in [-0.05, 0) is 54.8 Å². The van der Waals surface area contributed by atoms with Crippen LogP contribution in [-0.2, 0) is 9.59 Å². The molecule has 2 aromatic carbocycles. The van der Waals surface area contributed by atoms with Crippen LogP contribution in [0.1, 0.15) is 23.6 Å². The van der Waals surface area contributed by atoms with E-state index in [1.54, 1.807) is 31.2 Å². The summed E-state index contributed by atoms with van der Waals surface area (Å²) >= 11 is 0. The number of fused-ring (bicyclic) bond motifs is 1. The molecule has 1 aliphatic rings. The molecule has 0 aliphatic carbocycles. The predicted molar refractivity (Wildman–Crippen MR) is 118 cm³/mol. The number of rotatable bonds is 5. The van der Waals surface area contributed by atoms with Gasteiger partial charge < -0.3 is 20.1 Å². The summed E-state index contributed by atoms with van der Waals surface area (Å²) in [5.74, 6) is 1.11. The first-order chi connectivity index (χ1) is 14.9. The minimum absolute atomic E-state index is 0.0106. The summed E-state index contributed by atoms with van der Waals surface area (Å²) in [6.07, 6.45) is 1.65. The van der Waals surface area contributed by atoms with Gasteiger partial charge in [-0.2, -0.15) is 5.10 Å². The lowest BCUT2D eigenvalue weighted by atomic mass is 10.1. The Bertz CT molecular complexity index is 1150. The lowest BCUT2D eigenvalue weighted by molar-refractivity contribution is -0.125. The number of hydrogen-bond donors (Lipinski definition) is 2. The molecule has 1 atom stereocenters. The Kier molecular flexibility index (Phi) is 5.37. The van der Waals surface area contributed by atoms with Crippen molar-refractivity contribution in [3.05, 3.63) is 53.7 Å². The number of ether oxygens (including phenoxy) is 2. The third-order valence-electron chi connectivity index (χ3n) is 5.21. The second-order valence-electron chi connectivity index (χ2n) is 7.55. The van der Waals surface area contributed by atoms with Crippen molar-refractivity contribution in [2.24, 2.45) is 0 Å². The standard InChI is InChI=1S/C23H24N4O4/c1-13-7-14(2)9-16(8-13)25-23(29)18-11-21(28)26-22-17(12-24-27(18)22)15-5-6-19(30-3)20(10-15)31-4/h5-10,12,18H,11H2,1-4H3,(H,25,29)(H,26,28)/t18-/m0/s1. The van der Waals surface area contributed by atoms with Gasteiger partial charge in [0, 0.05) is 11.3 Å². The predicted octanol–water partition coefficient (Wildman–Crippen LogP) is 3.71. The minimum atomic E-state index is -0.751. The van der Waals surface area contributed by atoms with E-state index >= 15 is 0 Å². The van der Waals surface area contributed by atoms with Gasteiger partial charge in [0.15, 0.2) is 11.5 Å². The molecule has 1 aliphatic heterocycles. The fraction of sp³-hybridized carbons (Fsp3) is 0.261. The van der Waals surface area contributed by atoms with Crippen LogP contribution < -0.4 is 20.1 Å². The van der Waals surface area contributed by atoms with E-state index in [-0.39, 0.29) is 18.2 Å². The monoisotopic (exact) mass is 420 g/mol. The van der Waals surface area contributed by atoms with Gasteiger partial charge in [-0.3, -0.25) is 9.59 Å². The maximum absolute atomic E-state index is 13.0. The van der Waals surface area contributed by atoms with Crippen molar-refractivity contribution >= 4 is 23.3 Å². The van der Waals surface area contributed by atoms with Crippen molar-refractivity contribution in [2.75, 3.05) is 24.9 Å². The van der Waals surface area contributed by atoms with Crippen molar-refractivity contribution in [1.82, 2.24) is 9.78 Å². The van der Waals surface area contributed by atoms with Gasteiger partial charge in [-0.25, -0.2) is 4.68 Å². The highest BCUT2D eigenvalue weighted by atomic mass is 16.5. The van der Waals surface area contributed by atoms with E-state index in [1.165, 1.54) is 0 Å². The molecule has 8 heteroatoms. The molecule has 2 N–H and O–H groups in total. The summed E-state index contributed by atoms with van der Waals surface area (Å²) in [7, 11) is 3.13. The number of amides is 2. The van der Waals surface area contributed by atoms with Crippen LogP contribution in [0.15, 0.2) is 42.6 Å². The van der Waals surface area contributed by atoms with E-state index < -0.39 is 6.04 Å². The molecule has 31 heavy (non-hydrogen) atoms. The number of nitrogens with zero attached hydrogens (tertiary/aromatic N) is 2. The maximum Gasteiger partial charge on any atom is 0.249 e. The van der Waals surface area contributed by atoms with Crippen LogP contribution >= 0.6 is 0 Å². The van der Waals surface area contributed by atoms with Gasteiger partial charge in [0.1, 0.15) is 11.9 Å². The first-order valence-electron chi connectivity index (χ1n) is 9.88. The van der Waals surface area contributed by atoms with E-state index in [0.29, 0.717) is 28.6 Å². The molecule has 4 rings (SSSR count). The SMILES string of the molecule is COc1ccc(-c2cnn3c2NC(=O)C[C@H]3C(=O)Nc2cc(C)cc(C)c2)cc1OC. The molecule has 3 aromatic rings. The van der Waals surface area contributed by atoms with Crippen molar-refractivity contribution in [1.29, 1.82) is 0 Å². The lowest BCUT2D eigenvalue weighted by Gasteiger charge is -2.25. The van der Waals surface area contributed by atoms with Crippen LogP contribution in [0.3, 0.4) is 0 Å². The Morgan fingerprint density at radius 3 is 2.48 bits per heavy atom. The molecule has 1 aromatic heterocycles. The fourth-order valence-electron chi connectivity index (χ4n) is 3.86. The number of carbonyl (C=O) groups excluding carboxylic acids is 2. The van der Waals surface area contributed by atoms with Gasteiger partial charge in [-0.1, -0.05) is 12.1 Å². The number of anilines is 2. The average molecular weight is 420 g/mol. The fourth-order valence-corrected chi connectivity index (χ4v) is 3.86. The Morgan fingerprint density at radius 1 is 1.10 bits per heavy atom. The highest BCUT2D eigenvalue weighted by molar-refractivity contribution is 6.03. The number of methoxy groups -OCH3 is 2. The normalized spacial score (nSPS) is 15.1. The topological polar surface area (TPSA) is 94.5 Å². The summed E-state index contributed by atoms with van der Waals surface area (Å²) in [5.41, 5.74) is 4.27. The van der Waals surface area contributed by atoms with E-state index in [0.717, 1.165) is 16.7 Å². The molecule has 0 spiro atoms. The van der Waals surface area contributed by atoms with Crippen molar-refractivity contribution in [3.8, 4) is 22.6 Å². The molecule has 0 bridgehead atoms. The van der Waals surface area contributed by atoms with Gasteiger partial charge >= 0.3 is 0 Å². The second kappa shape index (κ2) is 8.14. The molecule has 2 heterocycles. The van der Waals surface area contributed by atoms with Crippen LogP contribution in [0.2, 0.25) is 0 Å². The highest BCUT2D eigenvalue weighted by Gasteiger charge is 2.33. The maximum atomic E-state index is 13.0. The lowest BCUT2D eigenvalue weighted by Crippen LogP contribution is -2.35. The first kappa shape index (κ1) is 20.5. The van der Waals surface area contributed by atoms with Gasteiger partial charge in [-0.15, -0.1) is 0 Å². The van der Waals surface area contributed by atoms with Crippen LogP contribution in [0.5, 0.6) is 11.5 Å². The Balaban J connectivity index is 1.67. The number of hydrogen-bond acceptors (Lipinski definition) is 5. The number of benzene rings is 2. The molecular weight excluding hydrogens is 396 g/mol. The first-order valence-corrected chi connectivity index (χ1v) is 9.88. The Hall–Kier alpha value is -3.81. The van der Waals surface area contributed by atoms with Gasteiger partial charge in [0.25, 0.3) is 0 Å². The largest absolute Gasteiger partial charge is 0.493 e. The van der Waals surface area contributed by atoms with E-state index in [4.69, 9.17) is 9.47 Å². The molecule has 160 valence electrons. The molecule has 2 amide bonds. The highest BCUT2D eigenvalue weighted by Crippen LogP contribution is 2.38. The van der Waals surface area contributed by atoms with Gasteiger partial charge in [0.05, 0.1) is 26.8 Å². The molecule has 8 nitrogen and oxygen atoms in total. The van der Waals surface area contributed by atoms with Gasteiger partial charge in [0.2, 0.25) is 11.8 Å². The van der Waals surface area contributed by atoms with Crippen molar-refractivity contribution < 1.29 is 19.1 Å². The zero-order valence-electron chi connectivity index (χ0n) is 17.9. The van der Waals surface area contributed by atoms with Crippen LogP contribution in [0.25, 0.3) is 11.1 Å². The Labute approximate surface area is 180 Å². The summed E-state index contributed by atoms with van der Waals surface area (Å²) in [6.45, 7) is 3.94.